The predicted molar refractivity (Wildman–Crippen MR) is 71.4 cm³/mol. The van der Waals surface area contributed by atoms with E-state index in [1.54, 1.807) is 19.1 Å². The van der Waals surface area contributed by atoms with Crippen molar-refractivity contribution in [2.75, 3.05) is 38.1 Å². The molecule has 1 fully saturated rings. The van der Waals surface area contributed by atoms with Crippen LogP contribution in [0.1, 0.15) is 25.0 Å². The van der Waals surface area contributed by atoms with Crippen molar-refractivity contribution >= 4 is 5.69 Å². The zero-order valence-electron chi connectivity index (χ0n) is 11.1. The van der Waals surface area contributed by atoms with Gasteiger partial charge in [0.1, 0.15) is 5.82 Å². The largest absolute Gasteiger partial charge is 0.389 e. The SMILES string of the molecule is CC(O)c1ccc(N2CCCN(C)CC2)c(F)c1. The molecule has 1 saturated heterocycles. The van der Waals surface area contributed by atoms with Crippen molar-refractivity contribution in [3.05, 3.63) is 29.6 Å². The fourth-order valence-corrected chi connectivity index (χ4v) is 2.33. The summed E-state index contributed by atoms with van der Waals surface area (Å²) in [7, 11) is 2.09. The predicted octanol–water partition coefficient (Wildman–Crippen LogP) is 2.02. The first-order valence-corrected chi connectivity index (χ1v) is 6.49. The monoisotopic (exact) mass is 252 g/mol. The molecule has 1 aromatic rings. The maximum Gasteiger partial charge on any atom is 0.146 e. The Bertz CT molecular complexity index is 409. The van der Waals surface area contributed by atoms with Crippen molar-refractivity contribution in [1.29, 1.82) is 0 Å². The molecule has 1 N–H and O–H groups in total. The summed E-state index contributed by atoms with van der Waals surface area (Å²) in [5.74, 6) is -0.238. The molecule has 3 nitrogen and oxygen atoms in total. The number of rotatable bonds is 2. The molecule has 1 aliphatic heterocycles. The van der Waals surface area contributed by atoms with Gasteiger partial charge in [0.05, 0.1) is 11.8 Å². The normalized spacial score (nSPS) is 19.7. The lowest BCUT2D eigenvalue weighted by Crippen LogP contribution is -2.29. The first-order chi connectivity index (χ1) is 8.58. The standard InChI is InChI=1S/C14H21FN2O/c1-11(18)12-4-5-14(13(15)10-12)17-7-3-6-16(2)8-9-17/h4-5,10-11,18H,3,6-9H2,1-2H3. The maximum absolute atomic E-state index is 14.1. The van der Waals surface area contributed by atoms with Gasteiger partial charge in [-0.25, -0.2) is 4.39 Å². The van der Waals surface area contributed by atoms with Gasteiger partial charge in [-0.05, 0) is 44.6 Å². The van der Waals surface area contributed by atoms with Crippen molar-refractivity contribution in [2.24, 2.45) is 0 Å². The van der Waals surface area contributed by atoms with Crippen LogP contribution in [0, 0.1) is 5.82 Å². The van der Waals surface area contributed by atoms with E-state index in [4.69, 9.17) is 0 Å². The van der Waals surface area contributed by atoms with Crippen molar-refractivity contribution in [3.63, 3.8) is 0 Å². The maximum atomic E-state index is 14.1. The van der Waals surface area contributed by atoms with Gasteiger partial charge >= 0.3 is 0 Å². The minimum atomic E-state index is -0.621. The van der Waals surface area contributed by atoms with Crippen LogP contribution >= 0.6 is 0 Å². The molecule has 100 valence electrons. The fraction of sp³-hybridized carbons (Fsp3) is 0.571. The van der Waals surface area contributed by atoms with Crippen LogP contribution in [-0.2, 0) is 0 Å². The summed E-state index contributed by atoms with van der Waals surface area (Å²) in [6.07, 6.45) is 0.428. The highest BCUT2D eigenvalue weighted by atomic mass is 19.1. The van der Waals surface area contributed by atoms with E-state index in [1.165, 1.54) is 6.07 Å². The number of halogens is 1. The topological polar surface area (TPSA) is 26.7 Å². The van der Waals surface area contributed by atoms with Crippen LogP contribution in [0.25, 0.3) is 0 Å². The van der Waals surface area contributed by atoms with Gasteiger partial charge in [0.15, 0.2) is 0 Å². The van der Waals surface area contributed by atoms with Gasteiger partial charge < -0.3 is 14.9 Å². The van der Waals surface area contributed by atoms with E-state index in [1.807, 2.05) is 0 Å². The van der Waals surface area contributed by atoms with E-state index in [2.05, 4.69) is 16.8 Å². The number of aliphatic hydroxyl groups is 1. The number of likely N-dealkylation sites (N-methyl/N-ethyl adjacent to an activating group) is 1. The lowest BCUT2D eigenvalue weighted by atomic mass is 10.1. The van der Waals surface area contributed by atoms with Gasteiger partial charge in [0, 0.05) is 19.6 Å². The van der Waals surface area contributed by atoms with Crippen molar-refractivity contribution in [3.8, 4) is 0 Å². The van der Waals surface area contributed by atoms with Crippen LogP contribution in [0.2, 0.25) is 0 Å². The molecular weight excluding hydrogens is 231 g/mol. The summed E-state index contributed by atoms with van der Waals surface area (Å²) in [5, 5.41) is 9.44. The zero-order chi connectivity index (χ0) is 13.1. The number of benzene rings is 1. The highest BCUT2D eigenvalue weighted by molar-refractivity contribution is 5.49. The summed E-state index contributed by atoms with van der Waals surface area (Å²) >= 11 is 0. The first-order valence-electron chi connectivity index (χ1n) is 6.49. The number of hydrogen-bond acceptors (Lipinski definition) is 3. The lowest BCUT2D eigenvalue weighted by Gasteiger charge is -2.23. The number of nitrogens with zero attached hydrogens (tertiary/aromatic N) is 2. The van der Waals surface area contributed by atoms with Gasteiger partial charge in [-0.2, -0.15) is 0 Å². The van der Waals surface area contributed by atoms with Crippen LogP contribution in [0.4, 0.5) is 10.1 Å². The van der Waals surface area contributed by atoms with E-state index >= 15 is 0 Å². The molecule has 18 heavy (non-hydrogen) atoms. The Labute approximate surface area is 108 Å². The minimum Gasteiger partial charge on any atom is -0.389 e. The second-order valence-electron chi connectivity index (χ2n) is 5.03. The van der Waals surface area contributed by atoms with Crippen LogP contribution in [0.3, 0.4) is 0 Å². The molecule has 1 unspecified atom stereocenters. The number of hydrogen-bond donors (Lipinski definition) is 1. The fourth-order valence-electron chi connectivity index (χ4n) is 2.33. The highest BCUT2D eigenvalue weighted by Gasteiger charge is 2.16. The average Bonchev–Trinajstić information content (AvgIpc) is 2.54. The summed E-state index contributed by atoms with van der Waals surface area (Å²) in [6, 6.07) is 5.02. The average molecular weight is 252 g/mol. The van der Waals surface area contributed by atoms with E-state index < -0.39 is 6.10 Å². The lowest BCUT2D eigenvalue weighted by molar-refractivity contribution is 0.199. The zero-order valence-corrected chi connectivity index (χ0v) is 11.1. The third-order valence-electron chi connectivity index (χ3n) is 3.51. The number of anilines is 1. The van der Waals surface area contributed by atoms with Gasteiger partial charge in [-0.15, -0.1) is 0 Å². The Balaban J connectivity index is 2.17. The van der Waals surface area contributed by atoms with Gasteiger partial charge in [0.25, 0.3) is 0 Å². The van der Waals surface area contributed by atoms with Gasteiger partial charge in [-0.3, -0.25) is 0 Å². The Morgan fingerprint density at radius 1 is 1.22 bits per heavy atom. The van der Waals surface area contributed by atoms with Crippen LogP contribution < -0.4 is 4.90 Å². The second kappa shape index (κ2) is 5.67. The second-order valence-corrected chi connectivity index (χ2v) is 5.03. The Hall–Kier alpha value is -1.13. The molecule has 0 amide bonds. The molecule has 0 aliphatic carbocycles. The van der Waals surface area contributed by atoms with Crippen LogP contribution in [0.5, 0.6) is 0 Å². The first kappa shape index (κ1) is 13.3. The Morgan fingerprint density at radius 3 is 2.67 bits per heavy atom. The quantitative estimate of drug-likeness (QED) is 0.872. The summed E-state index contributed by atoms with van der Waals surface area (Å²) < 4.78 is 14.1. The minimum absolute atomic E-state index is 0.238. The van der Waals surface area contributed by atoms with Crippen molar-refractivity contribution < 1.29 is 9.50 Å². The molecule has 0 spiro atoms. The third-order valence-corrected chi connectivity index (χ3v) is 3.51. The highest BCUT2D eigenvalue weighted by Crippen LogP contribution is 2.24. The van der Waals surface area contributed by atoms with Crippen molar-refractivity contribution in [2.45, 2.75) is 19.4 Å². The molecule has 1 heterocycles. The molecule has 0 aromatic heterocycles. The summed E-state index contributed by atoms with van der Waals surface area (Å²) in [4.78, 5) is 4.35. The van der Waals surface area contributed by atoms with Gasteiger partial charge in [-0.1, -0.05) is 6.07 Å². The molecule has 4 heteroatoms. The van der Waals surface area contributed by atoms with Crippen molar-refractivity contribution in [1.82, 2.24) is 4.90 Å². The van der Waals surface area contributed by atoms with Gasteiger partial charge in [0.2, 0.25) is 0 Å². The van der Waals surface area contributed by atoms with Crippen LogP contribution in [-0.4, -0.2) is 43.2 Å². The molecule has 0 bridgehead atoms. The number of aliphatic hydroxyl groups excluding tert-OH is 1. The Morgan fingerprint density at radius 2 is 2.00 bits per heavy atom. The summed E-state index contributed by atoms with van der Waals surface area (Å²) in [6.45, 7) is 5.40. The van der Waals surface area contributed by atoms with E-state index in [0.717, 1.165) is 32.6 Å². The molecule has 1 aromatic carbocycles. The van der Waals surface area contributed by atoms with E-state index in [9.17, 15) is 9.50 Å². The third kappa shape index (κ3) is 3.00. The summed E-state index contributed by atoms with van der Waals surface area (Å²) in [5.41, 5.74) is 1.28. The Kier molecular flexibility index (Phi) is 4.19. The molecule has 0 saturated carbocycles. The smallest absolute Gasteiger partial charge is 0.146 e. The van der Waals surface area contributed by atoms with E-state index in [-0.39, 0.29) is 5.82 Å². The molecule has 1 aliphatic rings. The van der Waals surface area contributed by atoms with Crippen LogP contribution in [0.15, 0.2) is 18.2 Å². The van der Waals surface area contributed by atoms with E-state index in [0.29, 0.717) is 11.3 Å². The molecule has 2 rings (SSSR count). The molecule has 1 atom stereocenters. The molecular formula is C14H21FN2O. The molecule has 0 radical (unpaired) electrons.